The zero-order valence-corrected chi connectivity index (χ0v) is 13.9. The van der Waals surface area contributed by atoms with Crippen molar-refractivity contribution < 1.29 is 14.7 Å². The Kier molecular flexibility index (Phi) is 7.08. The Morgan fingerprint density at radius 3 is 2.57 bits per heavy atom. The highest BCUT2D eigenvalue weighted by Gasteiger charge is 2.21. The van der Waals surface area contributed by atoms with Gasteiger partial charge in [-0.3, -0.25) is 4.79 Å². The Balaban J connectivity index is 2.99. The molecule has 0 heterocycles. The maximum absolute atomic E-state index is 12.2. The highest BCUT2D eigenvalue weighted by Crippen LogP contribution is 2.31. The largest absolute Gasteiger partial charge is 0.480 e. The topological polar surface area (TPSA) is 66.4 Å². The number of nitrogens with one attached hydrogen (secondary N) is 1. The zero-order valence-electron chi connectivity index (χ0n) is 11.5. The molecule has 1 unspecified atom stereocenters. The third-order valence-corrected chi connectivity index (χ3v) is 4.21. The van der Waals surface area contributed by atoms with Crippen LogP contribution in [0, 0.1) is 0 Å². The molecule has 0 bridgehead atoms. The second kappa shape index (κ2) is 8.32. The number of hydrogen-bond donors (Lipinski definition) is 2. The van der Waals surface area contributed by atoms with Gasteiger partial charge in [-0.05, 0) is 31.7 Å². The molecule has 0 spiro atoms. The number of carboxylic acids is 1. The summed E-state index contributed by atoms with van der Waals surface area (Å²) in [6, 6.07) is 2.03. The normalized spacial score (nSPS) is 12.4. The van der Waals surface area contributed by atoms with Gasteiger partial charge >= 0.3 is 5.97 Å². The van der Waals surface area contributed by atoms with Gasteiger partial charge in [-0.1, -0.05) is 35.4 Å². The number of benzene rings is 1. The number of rotatable bonds is 6. The molecule has 0 saturated heterocycles. The average molecular weight is 348 g/mol. The van der Waals surface area contributed by atoms with Gasteiger partial charge in [-0.2, -0.15) is 0 Å². The molecule has 1 rings (SSSR count). The molecule has 0 fully saturated rings. The molecule has 1 atom stereocenters. The lowest BCUT2D eigenvalue weighted by atomic mass is 10.1. The fraction of sp³-hybridized carbons (Fsp3) is 0.286. The van der Waals surface area contributed by atoms with Gasteiger partial charge < -0.3 is 10.4 Å². The standard InChI is InChI=1S/C14H15Cl2NO3S/c1-3-4-5-11(14(19)20)17-13(18)8-6-12(21-2)10(16)7-9(8)15/h3-4,6-7,11H,5H2,1-2H3,(H,17,18)(H,19,20)/b4-3+. The monoisotopic (exact) mass is 347 g/mol. The third-order valence-electron chi connectivity index (χ3n) is 2.70. The maximum atomic E-state index is 12.2. The van der Waals surface area contributed by atoms with Gasteiger partial charge in [0.05, 0.1) is 15.6 Å². The Morgan fingerprint density at radius 2 is 2.05 bits per heavy atom. The summed E-state index contributed by atoms with van der Waals surface area (Å²) < 4.78 is 0. The van der Waals surface area contributed by atoms with E-state index in [0.29, 0.717) is 9.92 Å². The van der Waals surface area contributed by atoms with Crippen molar-refractivity contribution in [3.8, 4) is 0 Å². The lowest BCUT2D eigenvalue weighted by molar-refractivity contribution is -0.139. The van der Waals surface area contributed by atoms with Crippen LogP contribution in [-0.4, -0.2) is 29.3 Å². The lowest BCUT2D eigenvalue weighted by Crippen LogP contribution is -2.40. The first-order valence-corrected chi connectivity index (χ1v) is 8.06. The molecule has 114 valence electrons. The number of thioether (sulfide) groups is 1. The summed E-state index contributed by atoms with van der Waals surface area (Å²) in [7, 11) is 0. The van der Waals surface area contributed by atoms with Gasteiger partial charge in [-0.25, -0.2) is 4.79 Å². The third kappa shape index (κ3) is 4.95. The number of carboxylic acid groups (broad SMARTS) is 1. The van der Waals surface area contributed by atoms with Crippen LogP contribution in [0.15, 0.2) is 29.2 Å². The summed E-state index contributed by atoms with van der Waals surface area (Å²) in [6.07, 6.45) is 5.43. The molecule has 0 saturated carbocycles. The van der Waals surface area contributed by atoms with E-state index in [-0.39, 0.29) is 17.0 Å². The van der Waals surface area contributed by atoms with Crippen LogP contribution in [0.5, 0.6) is 0 Å². The quantitative estimate of drug-likeness (QED) is 0.605. The van der Waals surface area contributed by atoms with Crippen LogP contribution in [0.2, 0.25) is 10.0 Å². The summed E-state index contributed by atoms with van der Waals surface area (Å²) in [4.78, 5) is 24.0. The van der Waals surface area contributed by atoms with E-state index in [9.17, 15) is 9.59 Å². The Labute approximate surface area is 137 Å². The number of carbonyl (C=O) groups is 2. The molecule has 1 aromatic carbocycles. The summed E-state index contributed by atoms with van der Waals surface area (Å²) in [6.45, 7) is 1.78. The molecular weight excluding hydrogens is 333 g/mol. The number of halogens is 2. The number of hydrogen-bond acceptors (Lipinski definition) is 3. The molecule has 2 N–H and O–H groups in total. The smallest absolute Gasteiger partial charge is 0.326 e. The van der Waals surface area contributed by atoms with Crippen LogP contribution >= 0.6 is 35.0 Å². The summed E-state index contributed by atoms with van der Waals surface area (Å²) in [5.41, 5.74) is 0.206. The molecule has 0 aromatic heterocycles. The van der Waals surface area contributed by atoms with E-state index in [1.165, 1.54) is 17.8 Å². The maximum Gasteiger partial charge on any atom is 0.326 e. The summed E-state index contributed by atoms with van der Waals surface area (Å²) in [5.74, 6) is -1.64. The Bertz CT molecular complexity index is 576. The number of amides is 1. The Morgan fingerprint density at radius 1 is 1.38 bits per heavy atom. The van der Waals surface area contributed by atoms with Crippen LogP contribution in [0.25, 0.3) is 0 Å². The fourth-order valence-corrected chi connectivity index (χ4v) is 2.78. The van der Waals surface area contributed by atoms with Crippen LogP contribution in [0.1, 0.15) is 23.7 Å². The molecular formula is C14H15Cl2NO3S. The number of carbonyl (C=O) groups excluding carboxylic acids is 1. The van der Waals surface area contributed by atoms with Crippen molar-refractivity contribution in [1.82, 2.24) is 5.32 Å². The first kappa shape index (κ1) is 17.9. The molecule has 0 aliphatic heterocycles. The van der Waals surface area contributed by atoms with E-state index < -0.39 is 17.9 Å². The van der Waals surface area contributed by atoms with Crippen LogP contribution in [0.3, 0.4) is 0 Å². The average Bonchev–Trinajstić information content (AvgIpc) is 2.43. The van der Waals surface area contributed by atoms with Crippen molar-refractivity contribution in [2.24, 2.45) is 0 Å². The van der Waals surface area contributed by atoms with Crippen molar-refractivity contribution in [3.63, 3.8) is 0 Å². The second-order valence-corrected chi connectivity index (χ2v) is 5.80. The van der Waals surface area contributed by atoms with E-state index in [2.05, 4.69) is 5.32 Å². The van der Waals surface area contributed by atoms with Gasteiger partial charge in [0.25, 0.3) is 5.91 Å². The van der Waals surface area contributed by atoms with Crippen LogP contribution in [-0.2, 0) is 4.79 Å². The minimum Gasteiger partial charge on any atom is -0.480 e. The highest BCUT2D eigenvalue weighted by molar-refractivity contribution is 7.98. The first-order valence-electron chi connectivity index (χ1n) is 6.08. The number of aliphatic carboxylic acids is 1. The predicted molar refractivity (Wildman–Crippen MR) is 86.6 cm³/mol. The molecule has 7 heteroatoms. The fourth-order valence-electron chi connectivity index (χ4n) is 1.59. The van der Waals surface area contributed by atoms with E-state index >= 15 is 0 Å². The summed E-state index contributed by atoms with van der Waals surface area (Å²) in [5, 5.41) is 12.2. The molecule has 1 aromatic rings. The molecule has 4 nitrogen and oxygen atoms in total. The molecule has 0 aliphatic rings. The van der Waals surface area contributed by atoms with Gasteiger partial charge in [0, 0.05) is 4.90 Å². The van der Waals surface area contributed by atoms with E-state index in [4.69, 9.17) is 28.3 Å². The highest BCUT2D eigenvalue weighted by atomic mass is 35.5. The van der Waals surface area contributed by atoms with Crippen LogP contribution in [0.4, 0.5) is 0 Å². The predicted octanol–water partition coefficient (Wildman–Crippen LogP) is 3.86. The van der Waals surface area contributed by atoms with Crippen molar-refractivity contribution >= 4 is 46.8 Å². The molecule has 1 amide bonds. The molecule has 21 heavy (non-hydrogen) atoms. The number of allylic oxidation sites excluding steroid dienone is 1. The van der Waals surface area contributed by atoms with Gasteiger partial charge in [0.15, 0.2) is 0 Å². The van der Waals surface area contributed by atoms with Gasteiger partial charge in [0.2, 0.25) is 0 Å². The van der Waals surface area contributed by atoms with Gasteiger partial charge in [0.1, 0.15) is 6.04 Å². The minimum absolute atomic E-state index is 0.186. The van der Waals surface area contributed by atoms with Crippen molar-refractivity contribution in [2.45, 2.75) is 24.3 Å². The van der Waals surface area contributed by atoms with Crippen LogP contribution < -0.4 is 5.32 Å². The molecule has 0 aliphatic carbocycles. The van der Waals surface area contributed by atoms with Crippen molar-refractivity contribution in [3.05, 3.63) is 39.9 Å². The van der Waals surface area contributed by atoms with E-state index in [0.717, 1.165) is 0 Å². The second-order valence-electron chi connectivity index (χ2n) is 4.14. The van der Waals surface area contributed by atoms with Crippen molar-refractivity contribution in [1.29, 1.82) is 0 Å². The van der Waals surface area contributed by atoms with Gasteiger partial charge in [-0.15, -0.1) is 11.8 Å². The lowest BCUT2D eigenvalue weighted by Gasteiger charge is -2.14. The summed E-state index contributed by atoms with van der Waals surface area (Å²) >= 11 is 13.4. The SMILES string of the molecule is C/C=C/CC(NC(=O)c1cc(SC)c(Cl)cc1Cl)C(=O)O. The minimum atomic E-state index is -1.10. The molecule has 0 radical (unpaired) electrons. The van der Waals surface area contributed by atoms with Crippen molar-refractivity contribution in [2.75, 3.05) is 6.26 Å². The zero-order chi connectivity index (χ0) is 16.0. The van der Waals surface area contributed by atoms with E-state index in [1.807, 2.05) is 6.26 Å². The van der Waals surface area contributed by atoms with E-state index in [1.54, 1.807) is 25.1 Å². The first-order chi connectivity index (χ1) is 9.90. The Hall–Kier alpha value is -1.17.